The molecule has 1 aliphatic rings. The van der Waals surface area contributed by atoms with Gasteiger partial charge in [-0.1, -0.05) is 17.7 Å². The molecule has 1 atom stereocenters. The molecule has 98 valence electrons. The zero-order valence-corrected chi connectivity index (χ0v) is 12.1. The van der Waals surface area contributed by atoms with Crippen LogP contribution in [0.15, 0.2) is 40.0 Å². The van der Waals surface area contributed by atoms with Crippen molar-refractivity contribution in [1.29, 1.82) is 0 Å². The summed E-state index contributed by atoms with van der Waals surface area (Å²) in [6, 6.07) is 6.16. The van der Waals surface area contributed by atoms with Gasteiger partial charge in [-0.2, -0.15) is 0 Å². The molecule has 19 heavy (non-hydrogen) atoms. The van der Waals surface area contributed by atoms with Gasteiger partial charge in [-0.05, 0) is 34.5 Å². The number of nitrogens with zero attached hydrogens (tertiary/aromatic N) is 2. The number of fused-ring (bicyclic) bond motifs is 1. The molecule has 0 N–H and O–H groups in total. The molecule has 0 aliphatic carbocycles. The van der Waals surface area contributed by atoms with Gasteiger partial charge in [0.25, 0.3) is 5.56 Å². The van der Waals surface area contributed by atoms with Crippen molar-refractivity contribution in [3.05, 3.63) is 56.7 Å². The minimum absolute atomic E-state index is 0.00870. The summed E-state index contributed by atoms with van der Waals surface area (Å²) in [5.74, 6) is 0.923. The third-order valence-corrected chi connectivity index (χ3v) is 3.76. The standard InChI is InChI=1S/C14H13BrN2O2/c1-9-2-3-13-10(4-9)5-11(19-13)7-17-8-16-6-12(15)14(17)18/h2-4,6,8,11H,5,7H2,1H3. The molecule has 0 radical (unpaired) electrons. The lowest BCUT2D eigenvalue weighted by atomic mass is 10.1. The van der Waals surface area contributed by atoms with Crippen molar-refractivity contribution in [2.24, 2.45) is 0 Å². The first-order valence-corrected chi connectivity index (χ1v) is 6.89. The zero-order chi connectivity index (χ0) is 13.4. The van der Waals surface area contributed by atoms with Gasteiger partial charge in [0.05, 0.1) is 12.9 Å². The van der Waals surface area contributed by atoms with Crippen LogP contribution in [0.4, 0.5) is 0 Å². The molecule has 3 rings (SSSR count). The third-order valence-electron chi connectivity index (χ3n) is 3.22. The van der Waals surface area contributed by atoms with Crippen LogP contribution < -0.4 is 10.3 Å². The monoisotopic (exact) mass is 320 g/mol. The van der Waals surface area contributed by atoms with E-state index in [0.29, 0.717) is 11.0 Å². The summed E-state index contributed by atoms with van der Waals surface area (Å²) in [6.07, 6.45) is 3.87. The van der Waals surface area contributed by atoms with Crippen LogP contribution in [-0.2, 0) is 13.0 Å². The smallest absolute Gasteiger partial charge is 0.267 e. The lowest BCUT2D eigenvalue weighted by Gasteiger charge is -2.12. The maximum atomic E-state index is 11.9. The molecule has 0 saturated carbocycles. The highest BCUT2D eigenvalue weighted by Gasteiger charge is 2.23. The van der Waals surface area contributed by atoms with Crippen molar-refractivity contribution in [3.63, 3.8) is 0 Å². The summed E-state index contributed by atoms with van der Waals surface area (Å²) >= 11 is 3.20. The number of rotatable bonds is 2. The van der Waals surface area contributed by atoms with E-state index in [9.17, 15) is 4.79 Å². The molecule has 4 nitrogen and oxygen atoms in total. The highest BCUT2D eigenvalue weighted by atomic mass is 79.9. The van der Waals surface area contributed by atoms with Crippen molar-refractivity contribution < 1.29 is 4.74 Å². The first kappa shape index (κ1) is 12.4. The summed E-state index contributed by atoms with van der Waals surface area (Å²) in [5, 5.41) is 0. The predicted octanol–water partition coefficient (Wildman–Crippen LogP) is 2.32. The van der Waals surface area contributed by atoms with E-state index in [1.165, 1.54) is 17.3 Å². The van der Waals surface area contributed by atoms with Crippen molar-refractivity contribution in [2.75, 3.05) is 0 Å². The molecule has 0 amide bonds. The minimum Gasteiger partial charge on any atom is -0.488 e. The second kappa shape index (κ2) is 4.81. The fourth-order valence-corrected chi connectivity index (χ4v) is 2.67. The van der Waals surface area contributed by atoms with E-state index in [-0.39, 0.29) is 11.7 Å². The van der Waals surface area contributed by atoms with Gasteiger partial charge in [0.15, 0.2) is 0 Å². The highest BCUT2D eigenvalue weighted by Crippen LogP contribution is 2.29. The van der Waals surface area contributed by atoms with Crippen LogP contribution in [0, 0.1) is 6.92 Å². The van der Waals surface area contributed by atoms with Crippen LogP contribution >= 0.6 is 15.9 Å². The Morgan fingerprint density at radius 2 is 2.37 bits per heavy atom. The third kappa shape index (κ3) is 2.42. The number of aromatic nitrogens is 2. The molecule has 0 bridgehead atoms. The Morgan fingerprint density at radius 3 is 3.21 bits per heavy atom. The van der Waals surface area contributed by atoms with Gasteiger partial charge in [-0.3, -0.25) is 9.36 Å². The Kier molecular flexibility index (Phi) is 3.14. The van der Waals surface area contributed by atoms with Crippen LogP contribution in [0.2, 0.25) is 0 Å². The molecule has 1 aromatic heterocycles. The molecule has 1 unspecified atom stereocenters. The van der Waals surface area contributed by atoms with E-state index in [1.807, 2.05) is 12.1 Å². The second-order valence-corrected chi connectivity index (χ2v) is 5.61. The number of benzene rings is 1. The molecule has 2 aromatic rings. The lowest BCUT2D eigenvalue weighted by Crippen LogP contribution is -2.29. The Hall–Kier alpha value is -1.62. The van der Waals surface area contributed by atoms with Crippen molar-refractivity contribution in [1.82, 2.24) is 9.55 Å². The normalized spacial score (nSPS) is 17.1. The van der Waals surface area contributed by atoms with Gasteiger partial charge in [0.1, 0.15) is 16.3 Å². The summed E-state index contributed by atoms with van der Waals surface area (Å²) in [6.45, 7) is 2.58. The summed E-state index contributed by atoms with van der Waals surface area (Å²) < 4.78 is 7.91. The van der Waals surface area contributed by atoms with E-state index in [2.05, 4.69) is 33.9 Å². The zero-order valence-electron chi connectivity index (χ0n) is 10.5. The van der Waals surface area contributed by atoms with Crippen LogP contribution in [0.5, 0.6) is 5.75 Å². The fourth-order valence-electron chi connectivity index (χ4n) is 2.32. The molecule has 0 fully saturated rings. The quantitative estimate of drug-likeness (QED) is 0.853. The number of hydrogen-bond acceptors (Lipinski definition) is 3. The van der Waals surface area contributed by atoms with Crippen molar-refractivity contribution in [2.45, 2.75) is 26.0 Å². The molecule has 5 heteroatoms. The van der Waals surface area contributed by atoms with Gasteiger partial charge in [-0.25, -0.2) is 4.98 Å². The largest absolute Gasteiger partial charge is 0.488 e. The summed E-state index contributed by atoms with van der Waals surface area (Å²) in [7, 11) is 0. The Labute approximate surface area is 119 Å². The first-order valence-electron chi connectivity index (χ1n) is 6.09. The van der Waals surface area contributed by atoms with Crippen LogP contribution in [0.1, 0.15) is 11.1 Å². The molecule has 1 aliphatic heterocycles. The van der Waals surface area contributed by atoms with E-state index in [4.69, 9.17) is 4.74 Å². The molecular weight excluding hydrogens is 308 g/mol. The van der Waals surface area contributed by atoms with Gasteiger partial charge in [0, 0.05) is 12.6 Å². The minimum atomic E-state index is -0.0780. The summed E-state index contributed by atoms with van der Waals surface area (Å²) in [4.78, 5) is 15.9. The van der Waals surface area contributed by atoms with Crippen LogP contribution in [0.25, 0.3) is 0 Å². The lowest BCUT2D eigenvalue weighted by molar-refractivity contribution is 0.207. The summed E-state index contributed by atoms with van der Waals surface area (Å²) in [5.41, 5.74) is 2.36. The number of ether oxygens (including phenoxy) is 1. The number of hydrogen-bond donors (Lipinski definition) is 0. The first-order chi connectivity index (χ1) is 9.13. The SMILES string of the molecule is Cc1ccc2c(c1)CC(Cn1cncc(Br)c1=O)O2. The molecule has 2 heterocycles. The van der Waals surface area contributed by atoms with Gasteiger partial charge >= 0.3 is 0 Å². The van der Waals surface area contributed by atoms with Crippen LogP contribution in [-0.4, -0.2) is 15.7 Å². The van der Waals surface area contributed by atoms with E-state index in [0.717, 1.165) is 12.2 Å². The molecular formula is C14H13BrN2O2. The number of aryl methyl sites for hydroxylation is 1. The van der Waals surface area contributed by atoms with Gasteiger partial charge in [0.2, 0.25) is 0 Å². The topological polar surface area (TPSA) is 44.1 Å². The van der Waals surface area contributed by atoms with E-state index < -0.39 is 0 Å². The number of halogens is 1. The highest BCUT2D eigenvalue weighted by molar-refractivity contribution is 9.10. The van der Waals surface area contributed by atoms with E-state index in [1.54, 1.807) is 10.9 Å². The van der Waals surface area contributed by atoms with Crippen molar-refractivity contribution in [3.8, 4) is 5.75 Å². The maximum absolute atomic E-state index is 11.9. The van der Waals surface area contributed by atoms with Crippen molar-refractivity contribution >= 4 is 15.9 Å². The Morgan fingerprint density at radius 1 is 1.53 bits per heavy atom. The molecule has 0 spiro atoms. The average Bonchev–Trinajstić information content (AvgIpc) is 2.76. The average molecular weight is 321 g/mol. The van der Waals surface area contributed by atoms with E-state index >= 15 is 0 Å². The van der Waals surface area contributed by atoms with Gasteiger partial charge < -0.3 is 4.74 Å². The maximum Gasteiger partial charge on any atom is 0.267 e. The second-order valence-electron chi connectivity index (χ2n) is 4.75. The fraction of sp³-hybridized carbons (Fsp3) is 0.286. The predicted molar refractivity (Wildman–Crippen MR) is 75.5 cm³/mol. The van der Waals surface area contributed by atoms with Gasteiger partial charge in [-0.15, -0.1) is 0 Å². The molecule has 1 aromatic carbocycles. The molecule has 0 saturated heterocycles. The van der Waals surface area contributed by atoms with Crippen LogP contribution in [0.3, 0.4) is 0 Å². The Bertz CT molecular complexity index is 681. The Balaban J connectivity index is 1.81.